The molecule has 0 saturated heterocycles. The van der Waals surface area contributed by atoms with Gasteiger partial charge >= 0.3 is 0 Å². The molecule has 0 amide bonds. The predicted octanol–water partition coefficient (Wildman–Crippen LogP) is 14.2. The van der Waals surface area contributed by atoms with Gasteiger partial charge in [0.05, 0.1) is 33.8 Å². The van der Waals surface area contributed by atoms with Crippen LogP contribution in [0.3, 0.4) is 0 Å². The van der Waals surface area contributed by atoms with Gasteiger partial charge in [0.2, 0.25) is 0 Å². The molecule has 0 fully saturated rings. The third kappa shape index (κ3) is 6.03. The second-order valence-electron chi connectivity index (χ2n) is 15.7. The average Bonchev–Trinajstić information content (AvgIpc) is 3.88. The second kappa shape index (κ2) is 14.8. The first kappa shape index (κ1) is 35.7. The van der Waals surface area contributed by atoms with E-state index in [1.807, 2.05) is 73.3 Å². The van der Waals surface area contributed by atoms with Crippen LogP contribution in [0.2, 0.25) is 0 Å². The molecule has 6 heterocycles. The van der Waals surface area contributed by atoms with Crippen molar-refractivity contribution in [2.24, 2.45) is 0 Å². The van der Waals surface area contributed by atoms with Gasteiger partial charge in [0.25, 0.3) is 0 Å². The summed E-state index contributed by atoms with van der Waals surface area (Å²) in [6, 6.07) is 57.5. The number of furan rings is 1. The molecule has 62 heavy (non-hydrogen) atoms. The Hall–Kier alpha value is -8.22. The van der Waals surface area contributed by atoms with Gasteiger partial charge in [0, 0.05) is 74.3 Å². The van der Waals surface area contributed by atoms with Gasteiger partial charge in [-0.05, 0) is 138 Å². The van der Waals surface area contributed by atoms with Crippen molar-refractivity contribution < 1.29 is 4.42 Å². The highest BCUT2D eigenvalue weighted by Gasteiger charge is 2.21. The van der Waals surface area contributed by atoms with Gasteiger partial charge in [-0.15, -0.1) is 0 Å². The van der Waals surface area contributed by atoms with E-state index in [4.69, 9.17) is 24.4 Å². The van der Waals surface area contributed by atoms with Gasteiger partial charge in [-0.3, -0.25) is 19.9 Å². The highest BCUT2D eigenvalue weighted by atomic mass is 16.3. The Kier molecular flexibility index (Phi) is 8.52. The van der Waals surface area contributed by atoms with E-state index in [0.717, 1.165) is 102 Å². The maximum atomic E-state index is 6.62. The number of benzene rings is 5. The summed E-state index contributed by atoms with van der Waals surface area (Å²) in [4.78, 5) is 19.0. The van der Waals surface area contributed by atoms with Crippen LogP contribution < -0.4 is 0 Å². The number of hydrogen-bond donors (Lipinski definition) is 0. The Morgan fingerprint density at radius 1 is 0.371 bits per heavy atom. The number of nitrogens with zero attached hydrogens (tertiary/aromatic N) is 5. The largest absolute Gasteiger partial charge is 0.456 e. The fourth-order valence-corrected chi connectivity index (χ4v) is 9.25. The summed E-state index contributed by atoms with van der Waals surface area (Å²) in [5, 5.41) is 4.41. The van der Waals surface area contributed by atoms with Crippen molar-refractivity contribution in [1.82, 2.24) is 24.5 Å². The minimum atomic E-state index is 0.804. The summed E-state index contributed by atoms with van der Waals surface area (Å²) >= 11 is 0. The van der Waals surface area contributed by atoms with Crippen LogP contribution in [0.15, 0.2) is 205 Å². The monoisotopic (exact) mass is 795 g/mol. The molecule has 0 saturated carbocycles. The zero-order chi connectivity index (χ0) is 41.0. The third-order valence-electron chi connectivity index (χ3n) is 12.1. The molecule has 0 unspecified atom stereocenters. The molecule has 0 bridgehead atoms. The SMILES string of the molecule is C1=C(c2ccc3c(c2)c2cc(-c4ccccc4-c4ccccn4)ccc2n3-c2ccc3oc4cc(-c5ccccn5)c(-c5ccccn5)cc4c3c2)C(c2ccccn2)=CCC1. The van der Waals surface area contributed by atoms with Crippen LogP contribution in [0.5, 0.6) is 0 Å². The normalized spacial score (nSPS) is 12.9. The first-order valence-corrected chi connectivity index (χ1v) is 21.0. The maximum absolute atomic E-state index is 6.62. The molecule has 0 radical (unpaired) electrons. The number of pyridine rings is 4. The van der Waals surface area contributed by atoms with E-state index in [1.54, 1.807) is 0 Å². The highest BCUT2D eigenvalue weighted by Crippen LogP contribution is 2.43. The molecular weight excluding hydrogens is 759 g/mol. The summed E-state index contributed by atoms with van der Waals surface area (Å²) in [6.07, 6.45) is 14.1. The first-order valence-electron chi connectivity index (χ1n) is 21.0. The predicted molar refractivity (Wildman–Crippen MR) is 253 cm³/mol. The van der Waals surface area contributed by atoms with Gasteiger partial charge < -0.3 is 8.98 Å². The number of hydrogen-bond acceptors (Lipinski definition) is 5. The van der Waals surface area contributed by atoms with Crippen LogP contribution in [-0.4, -0.2) is 24.5 Å². The number of fused-ring (bicyclic) bond motifs is 6. The molecule has 11 aromatic rings. The van der Waals surface area contributed by atoms with Crippen LogP contribution in [-0.2, 0) is 0 Å². The molecule has 292 valence electrons. The first-order chi connectivity index (χ1) is 30.7. The Balaban J connectivity index is 1.08. The minimum Gasteiger partial charge on any atom is -0.456 e. The molecule has 12 rings (SSSR count). The van der Waals surface area contributed by atoms with Crippen molar-refractivity contribution in [2.75, 3.05) is 0 Å². The van der Waals surface area contributed by atoms with Crippen LogP contribution in [0.1, 0.15) is 24.1 Å². The minimum absolute atomic E-state index is 0.804. The fourth-order valence-electron chi connectivity index (χ4n) is 9.25. The lowest BCUT2D eigenvalue weighted by Crippen LogP contribution is -1.97. The molecule has 5 aromatic carbocycles. The molecule has 6 aromatic heterocycles. The lowest BCUT2D eigenvalue weighted by Gasteiger charge is -2.17. The molecule has 6 nitrogen and oxygen atoms in total. The van der Waals surface area contributed by atoms with E-state index < -0.39 is 0 Å². The summed E-state index contributed by atoms with van der Waals surface area (Å²) < 4.78 is 9.01. The van der Waals surface area contributed by atoms with Crippen molar-refractivity contribution in [3.63, 3.8) is 0 Å². The molecular formula is C56H37N5O. The van der Waals surface area contributed by atoms with Crippen molar-refractivity contribution >= 4 is 54.9 Å². The number of aromatic nitrogens is 5. The Labute approximate surface area is 357 Å². The molecule has 1 aliphatic rings. The molecule has 6 heteroatoms. The van der Waals surface area contributed by atoms with Gasteiger partial charge in [-0.1, -0.05) is 72.8 Å². The number of allylic oxidation sites excluding steroid dienone is 4. The average molecular weight is 796 g/mol. The van der Waals surface area contributed by atoms with Crippen molar-refractivity contribution in [2.45, 2.75) is 12.8 Å². The molecule has 0 N–H and O–H groups in total. The standard InChI is InChI=1S/C56H37N5O/c1-3-15-41(49-17-5-9-27-57-49)39(13-1)36-21-24-53-45(31-36)46-32-37(40-14-2-4-16-42(40)50-18-6-10-28-58-50)22-25-54(46)61(53)38-23-26-55-47(33-38)48-34-43(51-19-7-11-29-59-51)44(35-56(48)62-55)52-20-8-12-30-60-52/h1,3,5-35H,2,4H2. The fraction of sp³-hybridized carbons (Fsp3) is 0.0357. The number of rotatable bonds is 7. The second-order valence-corrected chi connectivity index (χ2v) is 15.7. The van der Waals surface area contributed by atoms with E-state index in [1.165, 1.54) is 27.5 Å². The molecule has 1 aliphatic carbocycles. The topological polar surface area (TPSA) is 69.6 Å². The third-order valence-corrected chi connectivity index (χ3v) is 12.1. The van der Waals surface area contributed by atoms with E-state index in [0.29, 0.717) is 0 Å². The van der Waals surface area contributed by atoms with E-state index in [-0.39, 0.29) is 0 Å². The summed E-state index contributed by atoms with van der Waals surface area (Å²) in [6.45, 7) is 0. The highest BCUT2D eigenvalue weighted by molar-refractivity contribution is 6.15. The Bertz CT molecular complexity index is 3550. The maximum Gasteiger partial charge on any atom is 0.136 e. The van der Waals surface area contributed by atoms with Crippen molar-refractivity contribution in [1.29, 1.82) is 0 Å². The van der Waals surface area contributed by atoms with Gasteiger partial charge in [-0.2, -0.15) is 0 Å². The van der Waals surface area contributed by atoms with Gasteiger partial charge in [0.1, 0.15) is 11.2 Å². The quantitative estimate of drug-likeness (QED) is 0.161. The zero-order valence-corrected chi connectivity index (χ0v) is 33.6. The van der Waals surface area contributed by atoms with Crippen LogP contribution in [0, 0.1) is 0 Å². The smallest absolute Gasteiger partial charge is 0.136 e. The van der Waals surface area contributed by atoms with Gasteiger partial charge in [-0.25, -0.2) is 0 Å². The van der Waals surface area contributed by atoms with Gasteiger partial charge in [0.15, 0.2) is 0 Å². The van der Waals surface area contributed by atoms with E-state index >= 15 is 0 Å². The summed E-state index contributed by atoms with van der Waals surface area (Å²) in [5.41, 5.74) is 17.5. The summed E-state index contributed by atoms with van der Waals surface area (Å²) in [5.74, 6) is 0. The lowest BCUT2D eigenvalue weighted by molar-refractivity contribution is 0.669. The van der Waals surface area contributed by atoms with Crippen LogP contribution in [0.4, 0.5) is 0 Å². The Morgan fingerprint density at radius 3 is 1.55 bits per heavy atom. The summed E-state index contributed by atoms with van der Waals surface area (Å²) in [7, 11) is 0. The van der Waals surface area contributed by atoms with Crippen LogP contribution in [0.25, 0.3) is 105 Å². The molecule has 0 atom stereocenters. The molecule has 0 aliphatic heterocycles. The zero-order valence-electron chi connectivity index (χ0n) is 33.6. The van der Waals surface area contributed by atoms with E-state index in [2.05, 4.69) is 132 Å². The van der Waals surface area contributed by atoms with Crippen LogP contribution >= 0.6 is 0 Å². The lowest BCUT2D eigenvalue weighted by atomic mass is 9.89. The Morgan fingerprint density at radius 2 is 0.903 bits per heavy atom. The van der Waals surface area contributed by atoms with Crippen molar-refractivity contribution in [3.8, 4) is 50.6 Å². The van der Waals surface area contributed by atoms with E-state index in [9.17, 15) is 0 Å². The van der Waals surface area contributed by atoms with Crippen molar-refractivity contribution in [3.05, 3.63) is 212 Å². The molecule has 0 spiro atoms.